The van der Waals surface area contributed by atoms with E-state index in [9.17, 15) is 0 Å². The molecule has 1 heterocycles. The number of aromatic nitrogens is 2. The van der Waals surface area contributed by atoms with Gasteiger partial charge in [-0.25, -0.2) is 0 Å². The van der Waals surface area contributed by atoms with Gasteiger partial charge in [-0.3, -0.25) is 4.68 Å². The zero-order chi connectivity index (χ0) is 13.0. The zero-order valence-corrected chi connectivity index (χ0v) is 12.1. The summed E-state index contributed by atoms with van der Waals surface area (Å²) >= 11 is 0. The van der Waals surface area contributed by atoms with Gasteiger partial charge in [-0.2, -0.15) is 5.10 Å². The lowest BCUT2D eigenvalue weighted by Gasteiger charge is -2.05. The number of unbranched alkanes of at least 4 members (excludes halogenated alkanes) is 1. The lowest BCUT2D eigenvalue weighted by molar-refractivity contribution is 0.555. The SMILES string of the molecule is CCCCn1nc(C)c(CCCNC2CC2)c1C. The van der Waals surface area contributed by atoms with E-state index in [1.54, 1.807) is 0 Å². The van der Waals surface area contributed by atoms with E-state index in [1.807, 2.05) is 0 Å². The van der Waals surface area contributed by atoms with Gasteiger partial charge < -0.3 is 5.32 Å². The Balaban J connectivity index is 1.83. The maximum absolute atomic E-state index is 4.67. The summed E-state index contributed by atoms with van der Waals surface area (Å²) in [7, 11) is 0. The fraction of sp³-hybridized carbons (Fsp3) is 0.800. The van der Waals surface area contributed by atoms with Crippen molar-refractivity contribution in [2.75, 3.05) is 6.54 Å². The quantitative estimate of drug-likeness (QED) is 0.718. The van der Waals surface area contributed by atoms with Crippen LogP contribution in [-0.4, -0.2) is 22.4 Å². The van der Waals surface area contributed by atoms with Crippen molar-refractivity contribution in [3.63, 3.8) is 0 Å². The van der Waals surface area contributed by atoms with Gasteiger partial charge in [0.15, 0.2) is 0 Å². The molecule has 1 saturated carbocycles. The van der Waals surface area contributed by atoms with E-state index < -0.39 is 0 Å². The van der Waals surface area contributed by atoms with E-state index >= 15 is 0 Å². The lowest BCUT2D eigenvalue weighted by atomic mass is 10.1. The predicted molar refractivity (Wildman–Crippen MR) is 76.0 cm³/mol. The number of nitrogens with zero attached hydrogens (tertiary/aromatic N) is 2. The van der Waals surface area contributed by atoms with Crippen LogP contribution in [0.4, 0.5) is 0 Å². The van der Waals surface area contributed by atoms with Crippen LogP contribution in [-0.2, 0) is 13.0 Å². The molecule has 0 unspecified atom stereocenters. The van der Waals surface area contributed by atoms with Crippen molar-refractivity contribution in [1.82, 2.24) is 15.1 Å². The minimum absolute atomic E-state index is 0.833. The third kappa shape index (κ3) is 3.58. The molecule has 0 aromatic carbocycles. The zero-order valence-electron chi connectivity index (χ0n) is 12.1. The Kier molecular flexibility index (Phi) is 4.81. The monoisotopic (exact) mass is 249 g/mol. The van der Waals surface area contributed by atoms with Gasteiger partial charge in [-0.05, 0) is 58.1 Å². The molecule has 1 aromatic heterocycles. The third-order valence-corrected chi connectivity index (χ3v) is 3.87. The first-order valence-electron chi connectivity index (χ1n) is 7.48. The Morgan fingerprint density at radius 1 is 1.28 bits per heavy atom. The summed E-state index contributed by atoms with van der Waals surface area (Å²) in [6, 6.07) is 0.833. The van der Waals surface area contributed by atoms with Crippen LogP contribution in [0.25, 0.3) is 0 Å². The molecule has 2 rings (SSSR count). The minimum atomic E-state index is 0.833. The highest BCUT2D eigenvalue weighted by Crippen LogP contribution is 2.19. The molecule has 1 aliphatic carbocycles. The van der Waals surface area contributed by atoms with Gasteiger partial charge >= 0.3 is 0 Å². The second kappa shape index (κ2) is 6.37. The number of aryl methyl sites for hydroxylation is 2. The fourth-order valence-corrected chi connectivity index (χ4v) is 2.48. The molecule has 3 nitrogen and oxygen atoms in total. The Hall–Kier alpha value is -0.830. The van der Waals surface area contributed by atoms with Gasteiger partial charge in [0.2, 0.25) is 0 Å². The largest absolute Gasteiger partial charge is 0.314 e. The smallest absolute Gasteiger partial charge is 0.0628 e. The van der Waals surface area contributed by atoms with Crippen molar-refractivity contribution >= 4 is 0 Å². The third-order valence-electron chi connectivity index (χ3n) is 3.87. The van der Waals surface area contributed by atoms with Crippen molar-refractivity contribution in [3.05, 3.63) is 17.0 Å². The fourth-order valence-electron chi connectivity index (χ4n) is 2.48. The van der Waals surface area contributed by atoms with E-state index in [1.165, 1.54) is 55.5 Å². The first-order chi connectivity index (χ1) is 8.72. The van der Waals surface area contributed by atoms with Crippen LogP contribution in [0.5, 0.6) is 0 Å². The molecule has 1 fully saturated rings. The summed E-state index contributed by atoms with van der Waals surface area (Å²) in [4.78, 5) is 0. The highest BCUT2D eigenvalue weighted by molar-refractivity contribution is 5.24. The van der Waals surface area contributed by atoms with Crippen molar-refractivity contribution in [2.24, 2.45) is 0 Å². The van der Waals surface area contributed by atoms with Gasteiger partial charge in [0.25, 0.3) is 0 Å². The summed E-state index contributed by atoms with van der Waals surface area (Å²) in [5, 5.41) is 8.25. The van der Waals surface area contributed by atoms with E-state index in [0.29, 0.717) is 0 Å². The Bertz CT molecular complexity index is 377. The topological polar surface area (TPSA) is 29.9 Å². The molecule has 0 aliphatic heterocycles. The standard InChI is InChI=1S/C15H27N3/c1-4-5-11-18-13(3)15(12(2)17-18)7-6-10-16-14-8-9-14/h14,16H,4-11H2,1-3H3. The summed E-state index contributed by atoms with van der Waals surface area (Å²) in [5.41, 5.74) is 4.09. The number of rotatable bonds is 8. The van der Waals surface area contributed by atoms with E-state index in [-0.39, 0.29) is 0 Å². The molecule has 1 aliphatic rings. The number of hydrogen-bond acceptors (Lipinski definition) is 2. The van der Waals surface area contributed by atoms with Crippen molar-refractivity contribution in [2.45, 2.75) is 71.9 Å². The molecule has 0 atom stereocenters. The van der Waals surface area contributed by atoms with Gasteiger partial charge in [-0.15, -0.1) is 0 Å². The molecule has 1 N–H and O–H groups in total. The van der Waals surface area contributed by atoms with Crippen LogP contribution in [0.15, 0.2) is 0 Å². The molecule has 0 amide bonds. The summed E-state index contributed by atoms with van der Waals surface area (Å²) < 4.78 is 2.20. The highest BCUT2D eigenvalue weighted by Gasteiger charge is 2.19. The molecule has 3 heteroatoms. The van der Waals surface area contributed by atoms with Gasteiger partial charge in [0, 0.05) is 18.3 Å². The first kappa shape index (κ1) is 13.6. The first-order valence-corrected chi connectivity index (χ1v) is 7.48. The van der Waals surface area contributed by atoms with E-state index in [0.717, 1.165) is 19.1 Å². The van der Waals surface area contributed by atoms with Gasteiger partial charge in [0.05, 0.1) is 5.69 Å². The van der Waals surface area contributed by atoms with Crippen LogP contribution in [0, 0.1) is 13.8 Å². The normalized spacial score (nSPS) is 15.3. The molecule has 18 heavy (non-hydrogen) atoms. The summed E-state index contributed by atoms with van der Waals surface area (Å²) in [6.45, 7) is 8.84. The van der Waals surface area contributed by atoms with E-state index in [4.69, 9.17) is 0 Å². The van der Waals surface area contributed by atoms with E-state index in [2.05, 4.69) is 35.9 Å². The predicted octanol–water partition coefficient (Wildman–Crippen LogP) is 2.98. The molecule has 0 saturated heterocycles. The summed E-state index contributed by atoms with van der Waals surface area (Å²) in [6.07, 6.45) is 7.63. The molecule has 0 bridgehead atoms. The van der Waals surface area contributed by atoms with Gasteiger partial charge in [0.1, 0.15) is 0 Å². The van der Waals surface area contributed by atoms with Crippen LogP contribution in [0.3, 0.4) is 0 Å². The Morgan fingerprint density at radius 2 is 2.06 bits per heavy atom. The molecular weight excluding hydrogens is 222 g/mol. The Labute approximate surface area is 111 Å². The molecule has 1 aromatic rings. The second-order valence-corrected chi connectivity index (χ2v) is 5.56. The minimum Gasteiger partial charge on any atom is -0.314 e. The Morgan fingerprint density at radius 3 is 2.72 bits per heavy atom. The molecule has 0 radical (unpaired) electrons. The average Bonchev–Trinajstić information content (AvgIpc) is 3.13. The van der Waals surface area contributed by atoms with Crippen LogP contribution < -0.4 is 5.32 Å². The van der Waals surface area contributed by atoms with Crippen LogP contribution in [0.2, 0.25) is 0 Å². The molecular formula is C15H27N3. The maximum Gasteiger partial charge on any atom is 0.0628 e. The molecule has 0 spiro atoms. The van der Waals surface area contributed by atoms with Crippen LogP contribution in [0.1, 0.15) is 56.0 Å². The average molecular weight is 249 g/mol. The highest BCUT2D eigenvalue weighted by atomic mass is 15.3. The maximum atomic E-state index is 4.67. The summed E-state index contributed by atoms with van der Waals surface area (Å²) in [5.74, 6) is 0. The van der Waals surface area contributed by atoms with Gasteiger partial charge in [-0.1, -0.05) is 13.3 Å². The van der Waals surface area contributed by atoms with Crippen molar-refractivity contribution < 1.29 is 0 Å². The number of nitrogens with one attached hydrogen (secondary N) is 1. The van der Waals surface area contributed by atoms with Crippen molar-refractivity contribution in [3.8, 4) is 0 Å². The second-order valence-electron chi connectivity index (χ2n) is 5.56. The van der Waals surface area contributed by atoms with Crippen LogP contribution >= 0.6 is 0 Å². The molecule has 102 valence electrons. The number of hydrogen-bond donors (Lipinski definition) is 1. The lowest BCUT2D eigenvalue weighted by Crippen LogP contribution is -2.18. The van der Waals surface area contributed by atoms with Crippen molar-refractivity contribution in [1.29, 1.82) is 0 Å².